The number of thiophene rings is 1. The molecule has 0 saturated heterocycles. The molecule has 1 aliphatic rings. The van der Waals surface area contributed by atoms with Crippen LogP contribution in [0, 0.1) is 6.92 Å². The van der Waals surface area contributed by atoms with Crippen LogP contribution in [0.1, 0.15) is 55.8 Å². The van der Waals surface area contributed by atoms with Crippen LogP contribution >= 0.6 is 11.3 Å². The molecule has 0 spiro atoms. The zero-order chi connectivity index (χ0) is 18.4. The van der Waals surface area contributed by atoms with Crippen molar-refractivity contribution in [2.45, 2.75) is 39.5 Å². The molecule has 5 nitrogen and oxygen atoms in total. The van der Waals surface area contributed by atoms with Crippen LogP contribution in [0.3, 0.4) is 0 Å². The molecule has 2 amide bonds. The molecular weight excluding hydrogens is 348 g/mol. The zero-order valence-corrected chi connectivity index (χ0v) is 15.6. The maximum atomic E-state index is 12.8. The monoisotopic (exact) mass is 368 g/mol. The normalized spacial score (nSPS) is 13.2. The van der Waals surface area contributed by atoms with Crippen LogP contribution in [0.5, 0.6) is 0 Å². The molecule has 1 aliphatic carbocycles. The van der Waals surface area contributed by atoms with Crippen molar-refractivity contribution < 1.29 is 14.0 Å². The third-order valence-electron chi connectivity index (χ3n) is 5.01. The first-order valence-electron chi connectivity index (χ1n) is 8.77. The molecule has 0 fully saturated rings. The van der Waals surface area contributed by atoms with Crippen molar-refractivity contribution in [3.05, 3.63) is 51.1 Å². The Kier molecular flexibility index (Phi) is 4.07. The summed E-state index contributed by atoms with van der Waals surface area (Å²) < 4.78 is 5.79. The molecule has 0 unspecified atom stereocenters. The first kappa shape index (κ1) is 16.8. The van der Waals surface area contributed by atoms with Crippen molar-refractivity contribution in [3.8, 4) is 0 Å². The molecule has 0 aliphatic heterocycles. The first-order chi connectivity index (χ1) is 12.5. The fraction of sp³-hybridized carbons (Fsp3) is 0.300. The number of amides is 2. The number of nitrogens with two attached hydrogens (primary N) is 1. The van der Waals surface area contributed by atoms with Crippen LogP contribution in [-0.2, 0) is 19.3 Å². The van der Waals surface area contributed by atoms with E-state index in [1.54, 1.807) is 0 Å². The van der Waals surface area contributed by atoms with Crippen LogP contribution < -0.4 is 11.1 Å². The Hall–Kier alpha value is -2.60. The van der Waals surface area contributed by atoms with Crippen molar-refractivity contribution in [2.24, 2.45) is 5.73 Å². The van der Waals surface area contributed by atoms with E-state index >= 15 is 0 Å². The van der Waals surface area contributed by atoms with Crippen molar-refractivity contribution in [1.29, 1.82) is 0 Å². The van der Waals surface area contributed by atoms with E-state index in [0.717, 1.165) is 47.1 Å². The van der Waals surface area contributed by atoms with Crippen molar-refractivity contribution in [2.75, 3.05) is 5.32 Å². The average molecular weight is 368 g/mol. The topological polar surface area (TPSA) is 85.3 Å². The molecule has 4 rings (SSSR count). The van der Waals surface area contributed by atoms with Gasteiger partial charge in [-0.15, -0.1) is 11.3 Å². The van der Waals surface area contributed by atoms with Gasteiger partial charge in [-0.2, -0.15) is 0 Å². The smallest absolute Gasteiger partial charge is 0.292 e. The maximum Gasteiger partial charge on any atom is 0.292 e. The molecule has 3 aromatic rings. The summed E-state index contributed by atoms with van der Waals surface area (Å²) in [5.41, 5.74) is 9.70. The van der Waals surface area contributed by atoms with Crippen LogP contribution in [0.4, 0.5) is 5.00 Å². The van der Waals surface area contributed by atoms with Gasteiger partial charge < -0.3 is 15.5 Å². The highest BCUT2D eigenvalue weighted by Crippen LogP contribution is 2.39. The number of aryl methyl sites for hydroxylation is 3. The second-order valence-electron chi connectivity index (χ2n) is 6.62. The molecular formula is C20H20N2O3S. The predicted octanol–water partition coefficient (Wildman–Crippen LogP) is 4.21. The Morgan fingerprint density at radius 2 is 2.12 bits per heavy atom. The molecule has 2 heterocycles. The Morgan fingerprint density at radius 3 is 2.85 bits per heavy atom. The van der Waals surface area contributed by atoms with Crippen LogP contribution in [0.25, 0.3) is 11.0 Å². The number of fused-ring (bicyclic) bond motifs is 2. The van der Waals surface area contributed by atoms with E-state index in [4.69, 9.17) is 10.2 Å². The third-order valence-corrected chi connectivity index (χ3v) is 6.22. The van der Waals surface area contributed by atoms with E-state index in [1.165, 1.54) is 16.9 Å². The van der Waals surface area contributed by atoms with Gasteiger partial charge in [0, 0.05) is 15.8 Å². The molecule has 1 aromatic carbocycles. The van der Waals surface area contributed by atoms with E-state index < -0.39 is 5.91 Å². The summed E-state index contributed by atoms with van der Waals surface area (Å²) in [4.78, 5) is 25.8. The van der Waals surface area contributed by atoms with E-state index in [9.17, 15) is 9.59 Å². The van der Waals surface area contributed by atoms with E-state index in [1.807, 2.05) is 19.1 Å². The fourth-order valence-corrected chi connectivity index (χ4v) is 4.91. The van der Waals surface area contributed by atoms with E-state index in [0.29, 0.717) is 16.1 Å². The van der Waals surface area contributed by atoms with Gasteiger partial charge in [0.25, 0.3) is 11.8 Å². The number of carbonyl (C=O) groups excluding carboxylic acids is 2. The summed E-state index contributed by atoms with van der Waals surface area (Å²) in [6.07, 6.45) is 3.71. The summed E-state index contributed by atoms with van der Waals surface area (Å²) in [5, 5.41) is 4.32. The molecule has 134 valence electrons. The molecule has 26 heavy (non-hydrogen) atoms. The molecule has 6 heteroatoms. The predicted molar refractivity (Wildman–Crippen MR) is 103 cm³/mol. The van der Waals surface area contributed by atoms with Crippen molar-refractivity contribution in [3.63, 3.8) is 0 Å². The Balaban J connectivity index is 1.70. The van der Waals surface area contributed by atoms with Gasteiger partial charge in [-0.25, -0.2) is 0 Å². The van der Waals surface area contributed by atoms with Crippen LogP contribution in [0.15, 0.2) is 22.6 Å². The molecule has 0 radical (unpaired) electrons. The van der Waals surface area contributed by atoms with Gasteiger partial charge >= 0.3 is 0 Å². The SMILES string of the molecule is CCc1ccc2oc(C(=O)Nc3sc4c(c3C(N)=O)CCC4)c(C)c2c1. The summed E-state index contributed by atoms with van der Waals surface area (Å²) in [5.74, 6) is -0.565. The lowest BCUT2D eigenvalue weighted by atomic mass is 10.1. The minimum atomic E-state index is -0.492. The minimum absolute atomic E-state index is 0.275. The van der Waals surface area contributed by atoms with Crippen LogP contribution in [-0.4, -0.2) is 11.8 Å². The number of hydrogen-bond acceptors (Lipinski definition) is 4. The van der Waals surface area contributed by atoms with Gasteiger partial charge in [0.1, 0.15) is 10.6 Å². The maximum absolute atomic E-state index is 12.8. The summed E-state index contributed by atoms with van der Waals surface area (Å²) in [6, 6.07) is 5.95. The first-order valence-corrected chi connectivity index (χ1v) is 9.59. The molecule has 3 N–H and O–H groups in total. The van der Waals surface area contributed by atoms with Gasteiger partial charge in [-0.05, 0) is 55.9 Å². The number of furan rings is 1. The summed E-state index contributed by atoms with van der Waals surface area (Å²) in [6.45, 7) is 3.97. The number of anilines is 1. The van der Waals surface area contributed by atoms with Gasteiger partial charge in [0.2, 0.25) is 0 Å². The minimum Gasteiger partial charge on any atom is -0.451 e. The lowest BCUT2D eigenvalue weighted by Crippen LogP contribution is -2.18. The Bertz CT molecular complexity index is 1050. The van der Waals surface area contributed by atoms with E-state index in [-0.39, 0.29) is 11.7 Å². The molecule has 0 bridgehead atoms. The number of nitrogens with one attached hydrogen (secondary N) is 1. The number of rotatable bonds is 4. The highest BCUT2D eigenvalue weighted by molar-refractivity contribution is 7.17. The number of primary amides is 1. The Morgan fingerprint density at radius 1 is 1.31 bits per heavy atom. The van der Waals surface area contributed by atoms with Crippen LogP contribution in [0.2, 0.25) is 0 Å². The Labute approximate surface area is 155 Å². The van der Waals surface area contributed by atoms with Crippen molar-refractivity contribution >= 4 is 39.1 Å². The lowest BCUT2D eigenvalue weighted by molar-refractivity contribution is 0.0998. The second-order valence-corrected chi connectivity index (χ2v) is 7.73. The quantitative estimate of drug-likeness (QED) is 0.723. The molecule has 2 aromatic heterocycles. The number of benzene rings is 1. The van der Waals surface area contributed by atoms with Gasteiger partial charge in [-0.1, -0.05) is 13.0 Å². The van der Waals surface area contributed by atoms with Gasteiger partial charge in [0.05, 0.1) is 5.56 Å². The highest BCUT2D eigenvalue weighted by Gasteiger charge is 2.27. The van der Waals surface area contributed by atoms with Crippen molar-refractivity contribution in [1.82, 2.24) is 0 Å². The summed E-state index contributed by atoms with van der Waals surface area (Å²) in [7, 11) is 0. The number of hydrogen-bond donors (Lipinski definition) is 2. The lowest BCUT2D eigenvalue weighted by Gasteiger charge is -2.05. The largest absolute Gasteiger partial charge is 0.451 e. The van der Waals surface area contributed by atoms with Gasteiger partial charge in [-0.3, -0.25) is 9.59 Å². The zero-order valence-electron chi connectivity index (χ0n) is 14.8. The second kappa shape index (κ2) is 6.29. The average Bonchev–Trinajstić information content (AvgIpc) is 3.27. The standard InChI is InChI=1S/C20H20N2O3S/c1-3-11-7-8-14-13(9-11)10(2)17(25-14)19(24)22-20-16(18(21)23)12-5-4-6-15(12)26-20/h7-9H,3-6H2,1-2H3,(H2,21,23)(H,22,24). The molecule has 0 atom stereocenters. The number of carbonyl (C=O) groups is 2. The van der Waals surface area contributed by atoms with Gasteiger partial charge in [0.15, 0.2) is 5.76 Å². The summed E-state index contributed by atoms with van der Waals surface area (Å²) >= 11 is 1.44. The highest BCUT2D eigenvalue weighted by atomic mass is 32.1. The fourth-order valence-electron chi connectivity index (χ4n) is 3.62. The third kappa shape index (κ3) is 2.61. The van der Waals surface area contributed by atoms with E-state index in [2.05, 4.69) is 18.3 Å². The molecule has 0 saturated carbocycles.